The van der Waals surface area contributed by atoms with Crippen molar-refractivity contribution in [3.63, 3.8) is 0 Å². The number of hydrogen-bond donors (Lipinski definition) is 1. The normalized spacial score (nSPS) is 10.3. The summed E-state index contributed by atoms with van der Waals surface area (Å²) in [5.41, 5.74) is 1.39. The second-order valence-corrected chi connectivity index (χ2v) is 4.22. The molecule has 2 aromatic rings. The summed E-state index contributed by atoms with van der Waals surface area (Å²) in [6.07, 6.45) is 3.40. The Kier molecular flexibility index (Phi) is 4.19. The third kappa shape index (κ3) is 3.05. The van der Waals surface area contributed by atoms with Gasteiger partial charge in [0.2, 0.25) is 0 Å². The minimum Gasteiger partial charge on any atom is -0.494 e. The van der Waals surface area contributed by atoms with E-state index in [0.29, 0.717) is 24.6 Å². The smallest absolute Gasteiger partial charge is 0.296 e. The first-order chi connectivity index (χ1) is 9.61. The van der Waals surface area contributed by atoms with Crippen molar-refractivity contribution in [2.45, 2.75) is 13.5 Å². The molecule has 0 unspecified atom stereocenters. The van der Waals surface area contributed by atoms with Crippen LogP contribution >= 0.6 is 0 Å². The van der Waals surface area contributed by atoms with Crippen molar-refractivity contribution in [1.29, 1.82) is 0 Å². The van der Waals surface area contributed by atoms with Crippen molar-refractivity contribution in [2.75, 3.05) is 11.9 Å². The Morgan fingerprint density at radius 3 is 2.90 bits per heavy atom. The van der Waals surface area contributed by atoms with Crippen LogP contribution in [0.3, 0.4) is 0 Å². The molecule has 0 aliphatic heterocycles. The van der Waals surface area contributed by atoms with Gasteiger partial charge in [-0.05, 0) is 19.1 Å². The number of rotatable bonds is 6. The molecule has 7 heteroatoms. The lowest BCUT2D eigenvalue weighted by atomic mass is 10.2. The lowest BCUT2D eigenvalue weighted by Crippen LogP contribution is -2.06. The predicted octanol–water partition coefficient (Wildman–Crippen LogP) is 2.34. The number of imidazole rings is 1. The Hall–Kier alpha value is -2.57. The predicted molar refractivity (Wildman–Crippen MR) is 74.8 cm³/mol. The number of nitrogens with one attached hydrogen (secondary N) is 1. The van der Waals surface area contributed by atoms with Crippen LogP contribution < -0.4 is 10.1 Å². The number of benzene rings is 1. The molecule has 1 heterocycles. The average Bonchev–Trinajstić information content (AvgIpc) is 2.83. The molecule has 0 aliphatic rings. The van der Waals surface area contributed by atoms with Gasteiger partial charge in [0.05, 0.1) is 36.2 Å². The Balaban J connectivity index is 2.18. The van der Waals surface area contributed by atoms with E-state index in [1.807, 2.05) is 18.5 Å². The van der Waals surface area contributed by atoms with Gasteiger partial charge >= 0.3 is 0 Å². The Labute approximate surface area is 116 Å². The van der Waals surface area contributed by atoms with E-state index in [2.05, 4.69) is 10.3 Å². The van der Waals surface area contributed by atoms with Crippen molar-refractivity contribution in [2.24, 2.45) is 7.05 Å². The fraction of sp³-hybridized carbons (Fsp3) is 0.308. The largest absolute Gasteiger partial charge is 0.494 e. The Morgan fingerprint density at radius 2 is 2.30 bits per heavy atom. The molecule has 20 heavy (non-hydrogen) atoms. The van der Waals surface area contributed by atoms with E-state index >= 15 is 0 Å². The topological polar surface area (TPSA) is 82.2 Å². The molecule has 0 bridgehead atoms. The van der Waals surface area contributed by atoms with Crippen LogP contribution in [0, 0.1) is 10.1 Å². The molecule has 0 amide bonds. The van der Waals surface area contributed by atoms with Crippen molar-refractivity contribution < 1.29 is 9.66 Å². The van der Waals surface area contributed by atoms with E-state index in [0.717, 1.165) is 5.69 Å². The minimum absolute atomic E-state index is 0.00174. The molecular formula is C13H16N4O3. The number of nitro groups is 1. The quantitative estimate of drug-likeness (QED) is 0.646. The maximum atomic E-state index is 11.1. The first-order valence-corrected chi connectivity index (χ1v) is 6.22. The van der Waals surface area contributed by atoms with Crippen LogP contribution in [0.4, 0.5) is 11.4 Å². The molecule has 7 nitrogen and oxygen atoms in total. The molecule has 1 N–H and O–H groups in total. The second kappa shape index (κ2) is 6.05. The number of anilines is 1. The number of nitro benzene ring substituents is 1. The Bertz CT molecular complexity index is 609. The maximum absolute atomic E-state index is 11.1. The fourth-order valence-corrected chi connectivity index (χ4v) is 1.81. The monoisotopic (exact) mass is 276 g/mol. The van der Waals surface area contributed by atoms with Crippen LogP contribution in [0.15, 0.2) is 30.7 Å². The van der Waals surface area contributed by atoms with E-state index in [4.69, 9.17) is 4.74 Å². The van der Waals surface area contributed by atoms with Crippen LogP contribution in [0.5, 0.6) is 5.75 Å². The van der Waals surface area contributed by atoms with Crippen molar-refractivity contribution >= 4 is 11.4 Å². The minimum atomic E-state index is -0.423. The molecule has 0 saturated heterocycles. The molecule has 0 radical (unpaired) electrons. The van der Waals surface area contributed by atoms with Gasteiger partial charge in [-0.2, -0.15) is 0 Å². The molecule has 0 fully saturated rings. The third-order valence-corrected chi connectivity index (χ3v) is 2.85. The maximum Gasteiger partial charge on any atom is 0.296 e. The van der Waals surface area contributed by atoms with Gasteiger partial charge in [-0.15, -0.1) is 0 Å². The van der Waals surface area contributed by atoms with Crippen LogP contribution in [0.2, 0.25) is 0 Å². The molecule has 0 aliphatic carbocycles. The highest BCUT2D eigenvalue weighted by Crippen LogP contribution is 2.29. The zero-order valence-corrected chi connectivity index (χ0v) is 11.4. The van der Waals surface area contributed by atoms with Gasteiger partial charge in [-0.1, -0.05) is 0 Å². The summed E-state index contributed by atoms with van der Waals surface area (Å²) in [5, 5.41) is 14.1. The SMILES string of the molecule is CCOc1ccc(NCc2cncn2C)c([N+](=O)[O-])c1. The van der Waals surface area contributed by atoms with Crippen LogP contribution in [-0.4, -0.2) is 21.1 Å². The molecule has 1 aromatic carbocycles. The van der Waals surface area contributed by atoms with Crippen LogP contribution in [-0.2, 0) is 13.6 Å². The van der Waals surface area contributed by atoms with Crippen LogP contribution in [0.1, 0.15) is 12.6 Å². The van der Waals surface area contributed by atoms with E-state index in [1.54, 1.807) is 24.7 Å². The summed E-state index contributed by atoms with van der Waals surface area (Å²) in [4.78, 5) is 14.7. The van der Waals surface area contributed by atoms with E-state index in [9.17, 15) is 10.1 Å². The standard InChI is InChI=1S/C13H16N4O3/c1-3-20-11-4-5-12(13(6-11)17(18)19)15-8-10-7-14-9-16(10)2/h4-7,9,15H,3,8H2,1-2H3. The van der Waals surface area contributed by atoms with Crippen molar-refractivity contribution in [3.05, 3.63) is 46.5 Å². The highest BCUT2D eigenvalue weighted by Gasteiger charge is 2.15. The molecule has 0 spiro atoms. The third-order valence-electron chi connectivity index (χ3n) is 2.85. The summed E-state index contributed by atoms with van der Waals surface area (Å²) in [6.45, 7) is 2.77. The first kappa shape index (κ1) is 13.9. The number of aryl methyl sites for hydroxylation is 1. The van der Waals surface area contributed by atoms with Gasteiger partial charge in [0.1, 0.15) is 11.4 Å². The highest BCUT2D eigenvalue weighted by molar-refractivity contribution is 5.63. The van der Waals surface area contributed by atoms with Gasteiger partial charge in [0.15, 0.2) is 0 Å². The number of hydrogen-bond acceptors (Lipinski definition) is 5. The number of nitrogens with zero attached hydrogens (tertiary/aromatic N) is 3. The van der Waals surface area contributed by atoms with Crippen LogP contribution in [0.25, 0.3) is 0 Å². The molecule has 0 saturated carbocycles. The van der Waals surface area contributed by atoms with Crippen molar-refractivity contribution in [3.8, 4) is 5.75 Å². The number of ether oxygens (including phenoxy) is 1. The highest BCUT2D eigenvalue weighted by atomic mass is 16.6. The van der Waals surface area contributed by atoms with Gasteiger partial charge < -0.3 is 14.6 Å². The first-order valence-electron chi connectivity index (χ1n) is 6.22. The summed E-state index contributed by atoms with van der Waals surface area (Å²) in [7, 11) is 1.87. The molecule has 2 rings (SSSR count). The molecule has 1 aromatic heterocycles. The molecular weight excluding hydrogens is 260 g/mol. The van der Waals surface area contributed by atoms with Gasteiger partial charge in [0.25, 0.3) is 5.69 Å². The second-order valence-electron chi connectivity index (χ2n) is 4.22. The van der Waals surface area contributed by atoms with Gasteiger partial charge in [0, 0.05) is 13.2 Å². The summed E-state index contributed by atoms with van der Waals surface area (Å²) >= 11 is 0. The summed E-state index contributed by atoms with van der Waals surface area (Å²) in [5.74, 6) is 0.491. The summed E-state index contributed by atoms with van der Waals surface area (Å²) < 4.78 is 7.13. The Morgan fingerprint density at radius 1 is 1.50 bits per heavy atom. The lowest BCUT2D eigenvalue weighted by molar-refractivity contribution is -0.384. The molecule has 106 valence electrons. The van der Waals surface area contributed by atoms with Gasteiger partial charge in [-0.3, -0.25) is 10.1 Å². The zero-order valence-electron chi connectivity index (χ0n) is 11.4. The number of aromatic nitrogens is 2. The lowest BCUT2D eigenvalue weighted by Gasteiger charge is -2.09. The molecule has 0 atom stereocenters. The van der Waals surface area contributed by atoms with Crippen molar-refractivity contribution in [1.82, 2.24) is 9.55 Å². The average molecular weight is 276 g/mol. The van der Waals surface area contributed by atoms with E-state index in [-0.39, 0.29) is 5.69 Å². The summed E-state index contributed by atoms with van der Waals surface area (Å²) in [6, 6.07) is 4.79. The van der Waals surface area contributed by atoms with E-state index in [1.165, 1.54) is 6.07 Å². The van der Waals surface area contributed by atoms with Gasteiger partial charge in [-0.25, -0.2) is 4.98 Å². The van der Waals surface area contributed by atoms with E-state index < -0.39 is 4.92 Å². The fourth-order valence-electron chi connectivity index (χ4n) is 1.81. The zero-order chi connectivity index (χ0) is 14.5.